The van der Waals surface area contributed by atoms with Gasteiger partial charge < -0.3 is 19.8 Å². The molecule has 0 rings (SSSR count). The maximum atomic E-state index is 10.1. The van der Waals surface area contributed by atoms with Crippen molar-refractivity contribution in [3.05, 3.63) is 0 Å². The minimum Gasteiger partial charge on any atom is -0.394 e. The van der Waals surface area contributed by atoms with Gasteiger partial charge in [-0.1, -0.05) is 0 Å². The lowest BCUT2D eigenvalue weighted by atomic mass is 10.4. The molecule has 0 aromatic carbocycles. The van der Waals surface area contributed by atoms with Gasteiger partial charge in [0.05, 0.1) is 13.2 Å². The van der Waals surface area contributed by atoms with Gasteiger partial charge in [0.1, 0.15) is 24.7 Å². The summed E-state index contributed by atoms with van der Waals surface area (Å²) in [5, 5.41) is 23.5. The lowest BCUT2D eigenvalue weighted by Crippen LogP contribution is -2.15. The summed E-state index contributed by atoms with van der Waals surface area (Å²) in [7, 11) is 0. The number of aldehydes is 2. The number of nitrogens with zero attached hydrogens (tertiary/aromatic N) is 2. The quantitative estimate of drug-likeness (QED) is 0.380. The highest BCUT2D eigenvalue weighted by Gasteiger charge is 2.05. The average Bonchev–Trinajstić information content (AvgIpc) is 2.13. The van der Waals surface area contributed by atoms with Crippen molar-refractivity contribution in [3.63, 3.8) is 0 Å². The molecule has 0 fully saturated rings. The van der Waals surface area contributed by atoms with Gasteiger partial charge in [-0.2, -0.15) is 10.2 Å². The molecule has 0 unspecified atom stereocenters. The minimum atomic E-state index is -0.945. The monoisotopic (exact) mass is 174 g/mol. The van der Waals surface area contributed by atoms with E-state index in [9.17, 15) is 9.59 Å². The SMILES string of the molecule is O=C[C@H](CO)/N=N/[C@H](C=O)CO. The van der Waals surface area contributed by atoms with E-state index < -0.39 is 25.3 Å². The van der Waals surface area contributed by atoms with E-state index in [1.165, 1.54) is 0 Å². The van der Waals surface area contributed by atoms with E-state index in [2.05, 4.69) is 10.2 Å². The molecule has 0 amide bonds. The first-order valence-corrected chi connectivity index (χ1v) is 3.30. The Balaban J connectivity index is 3.99. The largest absolute Gasteiger partial charge is 0.394 e. The highest BCUT2D eigenvalue weighted by atomic mass is 16.3. The zero-order valence-electron chi connectivity index (χ0n) is 6.33. The molecule has 0 radical (unpaired) electrons. The zero-order chi connectivity index (χ0) is 9.40. The van der Waals surface area contributed by atoms with Crippen molar-refractivity contribution in [3.8, 4) is 0 Å². The number of hydrogen-bond donors (Lipinski definition) is 2. The van der Waals surface area contributed by atoms with Crippen molar-refractivity contribution in [2.24, 2.45) is 10.2 Å². The Bertz CT molecular complexity index is 153. The van der Waals surface area contributed by atoms with Gasteiger partial charge in [0.15, 0.2) is 0 Å². The summed E-state index contributed by atoms with van der Waals surface area (Å²) in [4.78, 5) is 20.1. The molecule has 0 saturated heterocycles. The Morgan fingerprint density at radius 3 is 1.50 bits per heavy atom. The number of aliphatic hydroxyl groups is 2. The average molecular weight is 174 g/mol. The number of carbonyl (C=O) groups is 2. The Hall–Kier alpha value is -1.14. The molecule has 6 heteroatoms. The van der Waals surface area contributed by atoms with Crippen LogP contribution in [-0.2, 0) is 9.59 Å². The van der Waals surface area contributed by atoms with Crippen LogP contribution in [-0.4, -0.2) is 48.1 Å². The van der Waals surface area contributed by atoms with Crippen molar-refractivity contribution in [1.82, 2.24) is 0 Å². The number of azo groups is 1. The summed E-state index contributed by atoms with van der Waals surface area (Å²) in [5.74, 6) is 0. The molecule has 0 aliphatic carbocycles. The number of carbonyl (C=O) groups excluding carboxylic acids is 2. The first kappa shape index (κ1) is 10.9. The van der Waals surface area contributed by atoms with Crippen LogP contribution in [0.4, 0.5) is 0 Å². The van der Waals surface area contributed by atoms with Gasteiger partial charge in [0.2, 0.25) is 0 Å². The van der Waals surface area contributed by atoms with Crippen molar-refractivity contribution in [1.29, 1.82) is 0 Å². The molecule has 2 N–H and O–H groups in total. The molecular weight excluding hydrogens is 164 g/mol. The Kier molecular flexibility index (Phi) is 5.94. The molecule has 2 atom stereocenters. The van der Waals surface area contributed by atoms with Crippen molar-refractivity contribution in [2.75, 3.05) is 13.2 Å². The molecule has 0 aliphatic heterocycles. The van der Waals surface area contributed by atoms with Crippen LogP contribution in [0.1, 0.15) is 0 Å². The van der Waals surface area contributed by atoms with E-state index in [-0.39, 0.29) is 0 Å². The van der Waals surface area contributed by atoms with Crippen molar-refractivity contribution < 1.29 is 19.8 Å². The molecule has 0 aromatic rings. The van der Waals surface area contributed by atoms with Gasteiger partial charge in [-0.3, -0.25) is 0 Å². The van der Waals surface area contributed by atoms with Crippen LogP contribution < -0.4 is 0 Å². The molecule has 0 aromatic heterocycles. The first-order valence-electron chi connectivity index (χ1n) is 3.30. The van der Waals surface area contributed by atoms with Crippen LogP contribution in [0, 0.1) is 0 Å². The molecule has 12 heavy (non-hydrogen) atoms. The Labute approximate surface area is 68.9 Å². The zero-order valence-corrected chi connectivity index (χ0v) is 6.33. The van der Waals surface area contributed by atoms with Crippen LogP contribution in [0.2, 0.25) is 0 Å². The van der Waals surface area contributed by atoms with Gasteiger partial charge in [-0.15, -0.1) is 0 Å². The summed E-state index contributed by atoms with van der Waals surface area (Å²) >= 11 is 0. The predicted molar refractivity (Wildman–Crippen MR) is 38.7 cm³/mol. The summed E-state index contributed by atoms with van der Waals surface area (Å²) in [5.41, 5.74) is 0. The van der Waals surface area contributed by atoms with Crippen LogP contribution in [0.25, 0.3) is 0 Å². The minimum absolute atomic E-state index is 0.405. The third-order valence-electron chi connectivity index (χ3n) is 1.05. The topological polar surface area (TPSA) is 99.3 Å². The fourth-order valence-electron chi connectivity index (χ4n) is 0.385. The molecule has 0 aliphatic rings. The molecule has 0 heterocycles. The van der Waals surface area contributed by atoms with Crippen molar-refractivity contribution >= 4 is 12.6 Å². The standard InChI is InChI=1S/C6H10N2O4/c9-1-5(2-10)7-8-6(3-11)4-12/h1,3,5-6,10,12H,2,4H2/b8-7+/t5-,6-/m1/s1. The van der Waals surface area contributed by atoms with Crippen LogP contribution in [0.5, 0.6) is 0 Å². The van der Waals surface area contributed by atoms with E-state index in [1.54, 1.807) is 0 Å². The first-order chi connectivity index (χ1) is 5.78. The van der Waals surface area contributed by atoms with E-state index in [4.69, 9.17) is 10.2 Å². The maximum Gasteiger partial charge on any atom is 0.149 e. The molecule has 0 saturated carbocycles. The molecule has 0 spiro atoms. The second-order valence-corrected chi connectivity index (χ2v) is 2.00. The lowest BCUT2D eigenvalue weighted by molar-refractivity contribution is -0.111. The van der Waals surface area contributed by atoms with E-state index in [0.29, 0.717) is 12.6 Å². The van der Waals surface area contributed by atoms with Gasteiger partial charge in [-0.05, 0) is 0 Å². The normalized spacial score (nSPS) is 15.8. The summed E-state index contributed by atoms with van der Waals surface area (Å²) < 4.78 is 0. The van der Waals surface area contributed by atoms with Crippen LogP contribution in [0.15, 0.2) is 10.2 Å². The van der Waals surface area contributed by atoms with Gasteiger partial charge in [-0.25, -0.2) is 0 Å². The number of rotatable bonds is 6. The Morgan fingerprint density at radius 2 is 1.33 bits per heavy atom. The second-order valence-electron chi connectivity index (χ2n) is 2.00. The third kappa shape index (κ3) is 3.89. The van der Waals surface area contributed by atoms with Gasteiger partial charge >= 0.3 is 0 Å². The van der Waals surface area contributed by atoms with E-state index in [1.807, 2.05) is 0 Å². The van der Waals surface area contributed by atoms with Crippen molar-refractivity contribution in [2.45, 2.75) is 12.1 Å². The third-order valence-corrected chi connectivity index (χ3v) is 1.05. The highest BCUT2D eigenvalue weighted by molar-refractivity contribution is 5.59. The number of aliphatic hydroxyl groups excluding tert-OH is 2. The second kappa shape index (κ2) is 6.56. The lowest BCUT2D eigenvalue weighted by Gasteiger charge is -1.99. The molecule has 68 valence electrons. The summed E-state index contributed by atoms with van der Waals surface area (Å²) in [6.07, 6.45) is 0.811. The smallest absolute Gasteiger partial charge is 0.149 e. The molecule has 0 bridgehead atoms. The maximum absolute atomic E-state index is 10.1. The summed E-state index contributed by atoms with van der Waals surface area (Å²) in [6, 6.07) is -1.89. The van der Waals surface area contributed by atoms with Gasteiger partial charge in [0, 0.05) is 0 Å². The fourth-order valence-corrected chi connectivity index (χ4v) is 0.385. The molecule has 6 nitrogen and oxygen atoms in total. The molecular formula is C6H10N2O4. The van der Waals surface area contributed by atoms with E-state index >= 15 is 0 Å². The summed E-state index contributed by atoms with van der Waals surface area (Å²) in [6.45, 7) is -0.909. The number of hydrogen-bond acceptors (Lipinski definition) is 6. The highest BCUT2D eigenvalue weighted by Crippen LogP contribution is 1.91. The van der Waals surface area contributed by atoms with Gasteiger partial charge in [0.25, 0.3) is 0 Å². The predicted octanol–water partition coefficient (Wildman–Crippen LogP) is -1.44. The van der Waals surface area contributed by atoms with E-state index in [0.717, 1.165) is 0 Å². The van der Waals surface area contributed by atoms with Crippen LogP contribution in [0.3, 0.4) is 0 Å². The Morgan fingerprint density at radius 1 is 1.00 bits per heavy atom. The van der Waals surface area contributed by atoms with Crippen LogP contribution >= 0.6 is 0 Å². The fraction of sp³-hybridized carbons (Fsp3) is 0.667.